The molecular formula is C18H13Cl2F3N2S. The van der Waals surface area contributed by atoms with Crippen LogP contribution in [-0.4, -0.2) is 15.7 Å². The van der Waals surface area contributed by atoms with Gasteiger partial charge in [0.15, 0.2) is 0 Å². The number of thioether (sulfide) groups is 1. The van der Waals surface area contributed by atoms with Crippen molar-refractivity contribution in [3.05, 3.63) is 82.9 Å². The van der Waals surface area contributed by atoms with E-state index >= 15 is 0 Å². The van der Waals surface area contributed by atoms with Crippen LogP contribution in [0, 0.1) is 0 Å². The van der Waals surface area contributed by atoms with Crippen molar-refractivity contribution in [1.82, 2.24) is 9.55 Å². The highest BCUT2D eigenvalue weighted by molar-refractivity contribution is 7.99. The van der Waals surface area contributed by atoms with Gasteiger partial charge in [-0.3, -0.25) is 0 Å². The van der Waals surface area contributed by atoms with Crippen LogP contribution < -0.4 is 0 Å². The second-order valence-corrected chi connectivity index (χ2v) is 7.55. The molecule has 2 aromatic carbocycles. The van der Waals surface area contributed by atoms with Gasteiger partial charge in [-0.25, -0.2) is 4.98 Å². The average Bonchev–Trinajstić information content (AvgIpc) is 3.10. The lowest BCUT2D eigenvalue weighted by Gasteiger charge is -2.30. The fourth-order valence-corrected chi connectivity index (χ4v) is 4.45. The molecule has 1 aromatic heterocycles. The summed E-state index contributed by atoms with van der Waals surface area (Å²) in [6.07, 6.45) is -0.649. The van der Waals surface area contributed by atoms with Crippen LogP contribution in [0.5, 0.6) is 0 Å². The lowest BCUT2D eigenvalue weighted by Crippen LogP contribution is -2.30. The van der Waals surface area contributed by atoms with E-state index in [1.165, 1.54) is 24.8 Å². The zero-order valence-corrected chi connectivity index (χ0v) is 15.5. The van der Waals surface area contributed by atoms with Crippen LogP contribution in [0.25, 0.3) is 0 Å². The maximum absolute atomic E-state index is 14.0. The molecule has 0 bridgehead atoms. The molecule has 0 saturated carbocycles. The topological polar surface area (TPSA) is 17.8 Å². The van der Waals surface area contributed by atoms with Crippen molar-refractivity contribution in [3.8, 4) is 0 Å². The lowest BCUT2D eigenvalue weighted by atomic mass is 10.0. The van der Waals surface area contributed by atoms with E-state index in [1.54, 1.807) is 42.5 Å². The van der Waals surface area contributed by atoms with Crippen molar-refractivity contribution in [2.45, 2.75) is 22.4 Å². The molecule has 3 aromatic rings. The zero-order valence-electron chi connectivity index (χ0n) is 13.2. The summed E-state index contributed by atoms with van der Waals surface area (Å²) in [4.78, 5) is 4.31. The molecule has 1 heterocycles. The summed E-state index contributed by atoms with van der Waals surface area (Å²) in [6.45, 7) is 0. The van der Waals surface area contributed by atoms with Crippen molar-refractivity contribution in [2.75, 3.05) is 0 Å². The van der Waals surface area contributed by atoms with E-state index in [-0.39, 0.29) is 0 Å². The van der Waals surface area contributed by atoms with Crippen LogP contribution in [0.4, 0.5) is 13.2 Å². The third-order valence-corrected chi connectivity index (χ3v) is 5.80. The second-order valence-electron chi connectivity index (χ2n) is 5.52. The van der Waals surface area contributed by atoms with Crippen LogP contribution >= 0.6 is 35.0 Å². The molecule has 3 rings (SSSR count). The number of benzene rings is 2. The monoisotopic (exact) mass is 416 g/mol. The molecule has 136 valence electrons. The van der Waals surface area contributed by atoms with Gasteiger partial charge in [0, 0.05) is 22.3 Å². The van der Waals surface area contributed by atoms with Crippen LogP contribution in [0.2, 0.25) is 10.0 Å². The van der Waals surface area contributed by atoms with Gasteiger partial charge in [-0.2, -0.15) is 13.2 Å². The van der Waals surface area contributed by atoms with Gasteiger partial charge < -0.3 is 4.57 Å². The van der Waals surface area contributed by atoms with Crippen LogP contribution in [-0.2, 0) is 0 Å². The highest BCUT2D eigenvalue weighted by atomic mass is 35.5. The van der Waals surface area contributed by atoms with E-state index in [4.69, 9.17) is 23.2 Å². The van der Waals surface area contributed by atoms with E-state index in [2.05, 4.69) is 4.98 Å². The largest absolute Gasteiger partial charge is 0.410 e. The molecule has 8 heteroatoms. The number of aromatic nitrogens is 2. The first-order valence-corrected chi connectivity index (χ1v) is 9.20. The number of rotatable bonds is 5. The van der Waals surface area contributed by atoms with Gasteiger partial charge in [-0.05, 0) is 23.8 Å². The van der Waals surface area contributed by atoms with Gasteiger partial charge >= 0.3 is 6.18 Å². The Morgan fingerprint density at radius 1 is 1.04 bits per heavy atom. The smallest absolute Gasteiger partial charge is 0.324 e. The SMILES string of the molecule is FC(F)(F)C(C(Sc1ccc(Cl)cc1Cl)c1ccccc1)n1ccnc1. The van der Waals surface area contributed by atoms with E-state index in [1.807, 2.05) is 0 Å². The molecule has 0 aliphatic rings. The van der Waals surface area contributed by atoms with E-state index in [0.29, 0.717) is 20.5 Å². The van der Waals surface area contributed by atoms with Crippen LogP contribution in [0.1, 0.15) is 16.9 Å². The Bertz CT molecular complexity index is 855. The standard InChI is InChI=1S/C18H13Cl2F3N2S/c19-13-6-7-15(14(20)10-13)26-16(12-4-2-1-3-5-12)17(18(21,22)23)25-9-8-24-11-25/h1-11,16-17H. The fourth-order valence-electron chi connectivity index (χ4n) is 2.60. The summed E-state index contributed by atoms with van der Waals surface area (Å²) in [6, 6.07) is 11.5. The van der Waals surface area contributed by atoms with Crippen molar-refractivity contribution < 1.29 is 13.2 Å². The molecule has 0 amide bonds. The number of halogens is 5. The first-order valence-electron chi connectivity index (χ1n) is 7.57. The van der Waals surface area contributed by atoms with E-state index in [0.717, 1.165) is 16.3 Å². The molecule has 26 heavy (non-hydrogen) atoms. The highest BCUT2D eigenvalue weighted by Gasteiger charge is 2.47. The van der Waals surface area contributed by atoms with Gasteiger partial charge in [0.2, 0.25) is 0 Å². The third kappa shape index (κ3) is 4.37. The minimum atomic E-state index is -4.48. The molecule has 0 saturated heterocycles. The summed E-state index contributed by atoms with van der Waals surface area (Å²) in [5.41, 5.74) is 0.541. The Labute approximate surface area is 163 Å². The predicted molar refractivity (Wildman–Crippen MR) is 98.8 cm³/mol. The van der Waals surface area contributed by atoms with Crippen LogP contribution in [0.15, 0.2) is 72.1 Å². The number of nitrogens with zero attached hydrogens (tertiary/aromatic N) is 2. The number of hydrogen-bond donors (Lipinski definition) is 0. The number of hydrogen-bond acceptors (Lipinski definition) is 2. The predicted octanol–water partition coefficient (Wildman–Crippen LogP) is 6.83. The van der Waals surface area contributed by atoms with Crippen molar-refractivity contribution in [1.29, 1.82) is 0 Å². The van der Waals surface area contributed by atoms with Crippen molar-refractivity contribution >= 4 is 35.0 Å². The minimum Gasteiger partial charge on any atom is -0.324 e. The van der Waals surface area contributed by atoms with Crippen LogP contribution in [0.3, 0.4) is 0 Å². The molecule has 0 N–H and O–H groups in total. The van der Waals surface area contributed by atoms with Crippen molar-refractivity contribution in [3.63, 3.8) is 0 Å². The summed E-state index contributed by atoms with van der Waals surface area (Å²) >= 11 is 13.2. The van der Waals surface area contributed by atoms with Gasteiger partial charge in [-0.1, -0.05) is 53.5 Å². The maximum Gasteiger partial charge on any atom is 0.410 e. The van der Waals surface area contributed by atoms with Crippen molar-refractivity contribution in [2.24, 2.45) is 0 Å². The first kappa shape index (κ1) is 19.1. The Hall–Kier alpha value is -1.63. The lowest BCUT2D eigenvalue weighted by molar-refractivity contribution is -0.168. The molecule has 0 spiro atoms. The first-order chi connectivity index (χ1) is 12.4. The molecule has 0 aliphatic carbocycles. The summed E-state index contributed by atoms with van der Waals surface area (Å²) < 4.78 is 43.0. The molecule has 2 unspecified atom stereocenters. The van der Waals surface area contributed by atoms with Gasteiger partial charge in [0.25, 0.3) is 0 Å². The third-order valence-electron chi connectivity index (χ3n) is 3.74. The maximum atomic E-state index is 14.0. The summed E-state index contributed by atoms with van der Waals surface area (Å²) in [5.74, 6) is 0. The highest BCUT2D eigenvalue weighted by Crippen LogP contribution is 2.51. The minimum absolute atomic E-state index is 0.315. The van der Waals surface area contributed by atoms with E-state index in [9.17, 15) is 13.2 Å². The zero-order chi connectivity index (χ0) is 18.7. The second kappa shape index (κ2) is 7.94. The molecule has 0 aliphatic heterocycles. The summed E-state index contributed by atoms with van der Waals surface area (Å²) in [7, 11) is 0. The number of imidazole rings is 1. The van der Waals surface area contributed by atoms with E-state index < -0.39 is 17.5 Å². The quantitative estimate of drug-likeness (QED) is 0.424. The normalized spacial score (nSPS) is 14.2. The van der Waals surface area contributed by atoms with Gasteiger partial charge in [0.1, 0.15) is 6.04 Å². The Kier molecular flexibility index (Phi) is 5.85. The average molecular weight is 417 g/mol. The Morgan fingerprint density at radius 3 is 2.35 bits per heavy atom. The molecule has 2 atom stereocenters. The van der Waals surface area contributed by atoms with Gasteiger partial charge in [0.05, 0.1) is 16.6 Å². The Balaban J connectivity index is 2.08. The summed E-state index contributed by atoms with van der Waals surface area (Å²) in [5, 5.41) is -0.211. The molecule has 2 nitrogen and oxygen atoms in total. The molecular weight excluding hydrogens is 404 g/mol. The fraction of sp³-hybridized carbons (Fsp3) is 0.167. The molecule has 0 fully saturated rings. The molecule has 0 radical (unpaired) electrons. The van der Waals surface area contributed by atoms with Gasteiger partial charge in [-0.15, -0.1) is 11.8 Å². The number of alkyl halides is 3. The Morgan fingerprint density at radius 2 is 1.77 bits per heavy atom.